The normalized spacial score (nSPS) is 13.4. The summed E-state index contributed by atoms with van der Waals surface area (Å²) in [4.78, 5) is 34.7. The van der Waals surface area contributed by atoms with Gasteiger partial charge in [0.05, 0.1) is 12.8 Å². The molecule has 3 N–H and O–H groups in total. The van der Waals surface area contributed by atoms with Crippen LogP contribution in [0.3, 0.4) is 0 Å². The number of ether oxygens (including phenoxy) is 2. The van der Waals surface area contributed by atoms with Crippen LogP contribution in [0.25, 0.3) is 0 Å². The van der Waals surface area contributed by atoms with Gasteiger partial charge in [0.15, 0.2) is 6.10 Å². The van der Waals surface area contributed by atoms with Crippen LogP contribution in [0.4, 0.5) is 0 Å². The second-order valence-electron chi connectivity index (χ2n) is 13.2. The van der Waals surface area contributed by atoms with E-state index in [1.165, 1.54) is 128 Å². The summed E-state index contributed by atoms with van der Waals surface area (Å²) >= 11 is 0. The summed E-state index contributed by atoms with van der Waals surface area (Å²) in [5, 5.41) is 0. The average Bonchev–Trinajstić information content (AvgIpc) is 3.03. The molecule has 0 heterocycles. The first-order chi connectivity index (χ1) is 22.3. The Kier molecular flexibility index (Phi) is 33.2. The Labute approximate surface area is 283 Å². The van der Waals surface area contributed by atoms with Crippen molar-refractivity contribution < 1.29 is 33.0 Å². The van der Waals surface area contributed by atoms with Crippen molar-refractivity contribution in [2.75, 3.05) is 25.9 Å². The van der Waals surface area contributed by atoms with Gasteiger partial charge in [-0.2, -0.15) is 0 Å². The van der Waals surface area contributed by atoms with Gasteiger partial charge in [0.2, 0.25) is 0 Å². The zero-order chi connectivity index (χ0) is 34.0. The van der Waals surface area contributed by atoms with Crippen molar-refractivity contribution in [3.8, 4) is 0 Å². The Morgan fingerprint density at radius 1 is 0.565 bits per heavy atom. The van der Waals surface area contributed by atoms with Crippen molar-refractivity contribution in [2.45, 2.75) is 200 Å². The number of rotatable bonds is 36. The minimum absolute atomic E-state index is 0.00535. The third-order valence-electron chi connectivity index (χ3n) is 8.57. The molecule has 0 aliphatic heterocycles. The van der Waals surface area contributed by atoms with E-state index in [1.807, 2.05) is 0 Å². The molecule has 46 heavy (non-hydrogen) atoms. The van der Waals surface area contributed by atoms with Crippen LogP contribution in [0, 0.1) is 0 Å². The monoisotopic (exact) mass is 676 g/mol. The summed E-state index contributed by atoms with van der Waals surface area (Å²) < 4.78 is 28.1. The van der Waals surface area contributed by atoms with E-state index in [2.05, 4.69) is 13.8 Å². The molecular formula is C37H74NO7P. The summed E-state index contributed by atoms with van der Waals surface area (Å²) in [7, 11) is -3.89. The van der Waals surface area contributed by atoms with Gasteiger partial charge < -0.3 is 24.6 Å². The second kappa shape index (κ2) is 33.9. The van der Waals surface area contributed by atoms with E-state index in [0.29, 0.717) is 6.42 Å². The molecule has 0 aliphatic carbocycles. The highest BCUT2D eigenvalue weighted by molar-refractivity contribution is 7.52. The van der Waals surface area contributed by atoms with Gasteiger partial charge in [0.1, 0.15) is 6.61 Å². The number of unbranched alkanes of at least 4 members (excludes halogenated alkanes) is 24. The van der Waals surface area contributed by atoms with Gasteiger partial charge in [-0.05, 0) is 12.8 Å². The maximum Gasteiger partial charge on any atom is 0.329 e. The number of carbonyl (C=O) groups is 2. The molecule has 8 nitrogen and oxygen atoms in total. The number of nitrogens with two attached hydrogens (primary N) is 1. The standard InChI is InChI=1S/C37H74NO7P/c1-3-5-7-9-11-13-15-17-19-21-23-25-27-29-36(39)43-33-35(34-44-46(41,42)32-31-38)45-37(40)30-28-26-24-22-20-18-16-14-12-10-8-6-4-2/h35H,3-34,38H2,1-2H3,(H,41,42)/t35-/m0/s1. The Hall–Kier alpha value is -0.950. The molecule has 1 unspecified atom stereocenters. The van der Waals surface area contributed by atoms with Gasteiger partial charge in [-0.15, -0.1) is 0 Å². The van der Waals surface area contributed by atoms with Crippen LogP contribution in [-0.4, -0.2) is 48.9 Å². The van der Waals surface area contributed by atoms with Gasteiger partial charge in [-0.25, -0.2) is 0 Å². The Morgan fingerprint density at radius 2 is 0.913 bits per heavy atom. The summed E-state index contributed by atoms with van der Waals surface area (Å²) in [5.41, 5.74) is 5.40. The first-order valence-electron chi connectivity index (χ1n) is 19.4. The Bertz CT molecular complexity index is 737. The zero-order valence-corrected chi connectivity index (χ0v) is 31.0. The summed E-state index contributed by atoms with van der Waals surface area (Å²) in [5.74, 6) is -0.759. The largest absolute Gasteiger partial charge is 0.462 e. The fourth-order valence-corrected chi connectivity index (χ4v) is 6.48. The van der Waals surface area contributed by atoms with Crippen molar-refractivity contribution in [1.29, 1.82) is 0 Å². The van der Waals surface area contributed by atoms with Gasteiger partial charge >= 0.3 is 19.5 Å². The molecule has 0 radical (unpaired) electrons. The predicted octanol–water partition coefficient (Wildman–Crippen LogP) is 10.6. The lowest BCUT2D eigenvalue weighted by atomic mass is 10.0. The molecule has 0 rings (SSSR count). The Balaban J connectivity index is 4.11. The molecule has 0 amide bonds. The third kappa shape index (κ3) is 33.0. The Morgan fingerprint density at radius 3 is 1.28 bits per heavy atom. The van der Waals surface area contributed by atoms with Crippen molar-refractivity contribution in [2.24, 2.45) is 5.73 Å². The first kappa shape index (κ1) is 45.0. The first-order valence-corrected chi connectivity index (χ1v) is 21.1. The lowest BCUT2D eigenvalue weighted by Crippen LogP contribution is -2.29. The summed E-state index contributed by atoms with van der Waals surface area (Å²) in [6, 6.07) is 0. The maximum absolute atomic E-state index is 12.5. The van der Waals surface area contributed by atoms with Crippen molar-refractivity contribution in [3.05, 3.63) is 0 Å². The lowest BCUT2D eigenvalue weighted by molar-refractivity contribution is -0.161. The van der Waals surface area contributed by atoms with Crippen LogP contribution in [0.15, 0.2) is 0 Å². The molecule has 0 aromatic rings. The van der Waals surface area contributed by atoms with Gasteiger partial charge in [-0.3, -0.25) is 14.2 Å². The fraction of sp³-hybridized carbons (Fsp3) is 0.946. The molecule has 0 spiro atoms. The number of carbonyl (C=O) groups excluding carboxylic acids is 2. The third-order valence-corrected chi connectivity index (χ3v) is 9.95. The van der Waals surface area contributed by atoms with Gasteiger partial charge in [0.25, 0.3) is 0 Å². The number of hydrogen-bond donors (Lipinski definition) is 2. The minimum Gasteiger partial charge on any atom is -0.462 e. The average molecular weight is 676 g/mol. The predicted molar refractivity (Wildman–Crippen MR) is 191 cm³/mol. The van der Waals surface area contributed by atoms with E-state index in [1.54, 1.807) is 0 Å². The van der Waals surface area contributed by atoms with E-state index in [0.717, 1.165) is 38.5 Å². The highest BCUT2D eigenvalue weighted by Gasteiger charge is 2.24. The molecule has 2 atom stereocenters. The molecule has 274 valence electrons. The second-order valence-corrected chi connectivity index (χ2v) is 15.2. The molecule has 0 aromatic carbocycles. The summed E-state index contributed by atoms with van der Waals surface area (Å²) in [6.45, 7) is 4.00. The summed E-state index contributed by atoms with van der Waals surface area (Å²) in [6.07, 6.45) is 31.4. The molecule has 0 fully saturated rings. The van der Waals surface area contributed by atoms with E-state index >= 15 is 0 Å². The fourth-order valence-electron chi connectivity index (χ4n) is 5.62. The maximum atomic E-state index is 12.5. The van der Waals surface area contributed by atoms with Crippen LogP contribution in [0.5, 0.6) is 0 Å². The van der Waals surface area contributed by atoms with Crippen molar-refractivity contribution in [3.63, 3.8) is 0 Å². The minimum atomic E-state index is -3.89. The smallest absolute Gasteiger partial charge is 0.329 e. The van der Waals surface area contributed by atoms with E-state index in [9.17, 15) is 19.0 Å². The molecule has 0 aromatic heterocycles. The van der Waals surface area contributed by atoms with Crippen LogP contribution in [0.1, 0.15) is 194 Å². The van der Waals surface area contributed by atoms with Crippen LogP contribution >= 0.6 is 7.60 Å². The van der Waals surface area contributed by atoms with E-state index < -0.39 is 19.7 Å². The molecule has 0 bridgehead atoms. The highest BCUT2D eigenvalue weighted by atomic mass is 31.2. The number of hydrogen-bond acceptors (Lipinski definition) is 7. The molecule has 9 heteroatoms. The van der Waals surface area contributed by atoms with Gasteiger partial charge in [0, 0.05) is 19.4 Å². The number of esters is 2. The van der Waals surface area contributed by atoms with E-state index in [4.69, 9.17) is 19.7 Å². The van der Waals surface area contributed by atoms with Crippen molar-refractivity contribution in [1.82, 2.24) is 0 Å². The molecule has 0 saturated carbocycles. The lowest BCUT2D eigenvalue weighted by Gasteiger charge is -2.20. The zero-order valence-electron chi connectivity index (χ0n) is 30.1. The van der Waals surface area contributed by atoms with Crippen molar-refractivity contribution >= 4 is 19.5 Å². The molecule has 0 aliphatic rings. The van der Waals surface area contributed by atoms with Crippen LogP contribution in [0.2, 0.25) is 0 Å². The topological polar surface area (TPSA) is 125 Å². The van der Waals surface area contributed by atoms with Crippen LogP contribution in [-0.2, 0) is 28.2 Å². The van der Waals surface area contributed by atoms with Crippen LogP contribution < -0.4 is 5.73 Å². The quantitative estimate of drug-likeness (QED) is 0.0382. The molecule has 0 saturated heterocycles. The SMILES string of the molecule is CCCCCCCCCCCCCCCC(=O)OC[C@@H](COP(=O)(O)CCN)OC(=O)CCCCCCCCCCCCCCC. The van der Waals surface area contributed by atoms with Gasteiger partial charge in [-0.1, -0.05) is 168 Å². The van der Waals surface area contributed by atoms with E-state index in [-0.39, 0.29) is 38.3 Å². The highest BCUT2D eigenvalue weighted by Crippen LogP contribution is 2.41. The molecular weight excluding hydrogens is 601 g/mol.